The number of thioether (sulfide) groups is 1. The van der Waals surface area contributed by atoms with E-state index in [9.17, 15) is 14.4 Å². The summed E-state index contributed by atoms with van der Waals surface area (Å²) in [6, 6.07) is 17.1. The van der Waals surface area contributed by atoms with Crippen molar-refractivity contribution < 1.29 is 9.59 Å². The molecule has 4 aromatic rings. The Morgan fingerprint density at radius 1 is 1.12 bits per heavy atom. The van der Waals surface area contributed by atoms with Gasteiger partial charge >= 0.3 is 0 Å². The van der Waals surface area contributed by atoms with Crippen molar-refractivity contribution in [3.05, 3.63) is 76.1 Å². The highest BCUT2D eigenvalue weighted by Crippen LogP contribution is 2.32. The smallest absolute Gasteiger partial charge is 0.262 e. The fraction of sp³-hybridized carbons (Fsp3) is 0.167. The number of fused-ring (bicyclic) bond motifs is 2. The summed E-state index contributed by atoms with van der Waals surface area (Å²) >= 11 is 2.74. The monoisotopic (exact) mass is 461 g/mol. The first-order chi connectivity index (χ1) is 15.5. The summed E-state index contributed by atoms with van der Waals surface area (Å²) in [5, 5.41) is 3.93. The van der Waals surface area contributed by atoms with E-state index in [-0.39, 0.29) is 23.0 Å². The molecule has 0 radical (unpaired) electrons. The molecule has 0 unspecified atom stereocenters. The van der Waals surface area contributed by atoms with Crippen LogP contribution < -0.4 is 10.9 Å². The number of rotatable bonds is 5. The molecule has 2 aromatic carbocycles. The summed E-state index contributed by atoms with van der Waals surface area (Å²) < 4.78 is 1.50. The van der Waals surface area contributed by atoms with Crippen LogP contribution in [0.3, 0.4) is 0 Å². The second kappa shape index (κ2) is 8.37. The van der Waals surface area contributed by atoms with Gasteiger partial charge in [0.25, 0.3) is 5.56 Å². The molecular formula is C24H19N3O3S2. The number of amides is 1. The van der Waals surface area contributed by atoms with Crippen molar-refractivity contribution in [1.29, 1.82) is 0 Å². The Balaban J connectivity index is 1.38. The lowest BCUT2D eigenvalue weighted by atomic mass is 9.99. The Hall–Kier alpha value is -3.23. The maximum Gasteiger partial charge on any atom is 0.262 e. The third-order valence-electron chi connectivity index (χ3n) is 5.45. The van der Waals surface area contributed by atoms with Crippen molar-refractivity contribution in [2.75, 3.05) is 11.1 Å². The second-order valence-corrected chi connectivity index (χ2v) is 9.56. The Kier molecular flexibility index (Phi) is 5.40. The largest absolute Gasteiger partial charge is 0.326 e. The third-order valence-corrected chi connectivity index (χ3v) is 7.55. The van der Waals surface area contributed by atoms with Gasteiger partial charge < -0.3 is 5.32 Å². The van der Waals surface area contributed by atoms with Crippen LogP contribution in [-0.2, 0) is 18.3 Å². The average Bonchev–Trinajstić information content (AvgIpc) is 3.25. The molecule has 0 aliphatic carbocycles. The van der Waals surface area contributed by atoms with Crippen LogP contribution in [0.25, 0.3) is 20.7 Å². The van der Waals surface area contributed by atoms with Gasteiger partial charge in [-0.25, -0.2) is 4.98 Å². The van der Waals surface area contributed by atoms with Gasteiger partial charge in [0, 0.05) is 29.6 Å². The molecule has 1 amide bonds. The minimum atomic E-state index is -0.118. The summed E-state index contributed by atoms with van der Waals surface area (Å²) in [7, 11) is 1.68. The molecule has 6 nitrogen and oxygen atoms in total. The van der Waals surface area contributed by atoms with Crippen molar-refractivity contribution in [2.24, 2.45) is 7.05 Å². The molecule has 32 heavy (non-hydrogen) atoms. The minimum Gasteiger partial charge on any atom is -0.326 e. The first-order valence-corrected chi connectivity index (χ1v) is 11.9. The van der Waals surface area contributed by atoms with Gasteiger partial charge in [0.05, 0.1) is 11.1 Å². The van der Waals surface area contributed by atoms with Gasteiger partial charge in [-0.3, -0.25) is 19.0 Å². The number of carbonyl (C=O) groups excluding carboxylic acids is 2. The molecule has 160 valence electrons. The lowest BCUT2D eigenvalue weighted by Crippen LogP contribution is -2.20. The molecule has 0 spiro atoms. The Morgan fingerprint density at radius 2 is 1.94 bits per heavy atom. The Morgan fingerprint density at radius 3 is 2.75 bits per heavy atom. The SMILES string of the molecule is Cn1c(SCC(=O)c2ccc3c(c2)CCC(=O)N3)nc2sc(-c3ccccc3)cc2c1=O. The Bertz CT molecular complexity index is 1420. The van der Waals surface area contributed by atoms with Gasteiger partial charge in [0.15, 0.2) is 10.9 Å². The number of carbonyl (C=O) groups is 2. The van der Waals surface area contributed by atoms with Crippen LogP contribution in [-0.4, -0.2) is 27.0 Å². The van der Waals surface area contributed by atoms with E-state index < -0.39 is 0 Å². The fourth-order valence-corrected chi connectivity index (χ4v) is 5.64. The third kappa shape index (κ3) is 3.87. The predicted octanol–water partition coefficient (Wildman–Crippen LogP) is 4.52. The topological polar surface area (TPSA) is 81.1 Å². The van der Waals surface area contributed by atoms with Gasteiger partial charge in [-0.05, 0) is 41.8 Å². The number of Topliss-reactive ketones (excluding diaryl/α,β-unsaturated/α-hetero) is 1. The molecule has 2 aromatic heterocycles. The van der Waals surface area contributed by atoms with Crippen molar-refractivity contribution in [1.82, 2.24) is 9.55 Å². The molecule has 3 heterocycles. The molecule has 0 saturated heterocycles. The second-order valence-electron chi connectivity index (χ2n) is 7.59. The normalized spacial score (nSPS) is 13.1. The number of nitrogens with zero attached hydrogens (tertiary/aromatic N) is 2. The molecule has 0 fully saturated rings. The zero-order valence-electron chi connectivity index (χ0n) is 17.3. The molecule has 0 saturated carbocycles. The zero-order valence-corrected chi connectivity index (χ0v) is 18.9. The summed E-state index contributed by atoms with van der Waals surface area (Å²) in [5.41, 5.74) is 3.27. The quantitative estimate of drug-likeness (QED) is 0.268. The number of hydrogen-bond acceptors (Lipinski definition) is 6. The van der Waals surface area contributed by atoms with Gasteiger partial charge in [0.1, 0.15) is 4.83 Å². The minimum absolute atomic E-state index is 0.00138. The van der Waals surface area contributed by atoms with Crippen LogP contribution in [0.5, 0.6) is 0 Å². The first-order valence-electron chi connectivity index (χ1n) is 10.1. The molecule has 0 bridgehead atoms. The number of aryl methyl sites for hydroxylation is 1. The van der Waals surface area contributed by atoms with Gasteiger partial charge in [-0.15, -0.1) is 11.3 Å². The van der Waals surface area contributed by atoms with E-state index in [0.29, 0.717) is 33.8 Å². The van der Waals surface area contributed by atoms with Gasteiger partial charge in [-0.2, -0.15) is 0 Å². The molecule has 5 rings (SSSR count). The standard InChI is InChI=1S/C24H19N3O3S2/c1-27-23(30)17-12-20(14-5-3-2-4-6-14)32-22(17)26-24(27)31-13-19(28)16-7-9-18-15(11-16)8-10-21(29)25-18/h2-7,9,11-12H,8,10,13H2,1H3,(H,25,29). The van der Waals surface area contributed by atoms with Crippen LogP contribution in [0.4, 0.5) is 5.69 Å². The zero-order chi connectivity index (χ0) is 22.2. The van der Waals surface area contributed by atoms with Crippen molar-refractivity contribution >= 4 is 50.7 Å². The molecule has 1 N–H and O–H groups in total. The van der Waals surface area contributed by atoms with E-state index in [0.717, 1.165) is 21.7 Å². The van der Waals surface area contributed by atoms with Crippen LogP contribution in [0.1, 0.15) is 22.3 Å². The highest BCUT2D eigenvalue weighted by molar-refractivity contribution is 7.99. The molecule has 0 atom stereocenters. The molecular weight excluding hydrogens is 442 g/mol. The highest BCUT2D eigenvalue weighted by Gasteiger charge is 2.18. The fourth-order valence-electron chi connectivity index (χ4n) is 3.69. The van der Waals surface area contributed by atoms with Crippen LogP contribution in [0.15, 0.2) is 64.5 Å². The average molecular weight is 462 g/mol. The highest BCUT2D eigenvalue weighted by atomic mass is 32.2. The number of anilines is 1. The maximum atomic E-state index is 12.9. The van der Waals surface area contributed by atoms with Crippen molar-refractivity contribution in [3.8, 4) is 10.4 Å². The lowest BCUT2D eigenvalue weighted by molar-refractivity contribution is -0.116. The van der Waals surface area contributed by atoms with E-state index in [1.165, 1.54) is 27.7 Å². The summed E-state index contributed by atoms with van der Waals surface area (Å²) in [5.74, 6) is 0.132. The predicted molar refractivity (Wildman–Crippen MR) is 129 cm³/mol. The van der Waals surface area contributed by atoms with Crippen LogP contribution in [0, 0.1) is 0 Å². The van der Waals surface area contributed by atoms with E-state index in [1.807, 2.05) is 42.5 Å². The number of nitrogens with one attached hydrogen (secondary N) is 1. The Labute approximate surface area is 192 Å². The number of ketones is 1. The summed E-state index contributed by atoms with van der Waals surface area (Å²) in [4.78, 5) is 43.5. The van der Waals surface area contributed by atoms with Crippen molar-refractivity contribution in [2.45, 2.75) is 18.0 Å². The number of hydrogen-bond donors (Lipinski definition) is 1. The summed E-state index contributed by atoms with van der Waals surface area (Å²) in [6.07, 6.45) is 1.06. The maximum absolute atomic E-state index is 12.9. The van der Waals surface area contributed by atoms with Crippen LogP contribution in [0.2, 0.25) is 0 Å². The van der Waals surface area contributed by atoms with Gasteiger partial charge in [-0.1, -0.05) is 42.1 Å². The molecule has 1 aliphatic heterocycles. The molecule has 1 aliphatic rings. The molecule has 8 heteroatoms. The number of benzene rings is 2. The number of thiophene rings is 1. The lowest BCUT2D eigenvalue weighted by Gasteiger charge is -2.17. The van der Waals surface area contributed by atoms with Gasteiger partial charge in [0.2, 0.25) is 5.91 Å². The van der Waals surface area contributed by atoms with Crippen LogP contribution >= 0.6 is 23.1 Å². The first kappa shape index (κ1) is 20.7. The van der Waals surface area contributed by atoms with Crippen molar-refractivity contribution in [3.63, 3.8) is 0 Å². The summed E-state index contributed by atoms with van der Waals surface area (Å²) in [6.45, 7) is 0. The number of aromatic nitrogens is 2. The van der Waals surface area contributed by atoms with E-state index in [2.05, 4.69) is 10.3 Å². The van der Waals surface area contributed by atoms with E-state index in [4.69, 9.17) is 0 Å². The van der Waals surface area contributed by atoms with E-state index in [1.54, 1.807) is 19.2 Å². The van der Waals surface area contributed by atoms with E-state index >= 15 is 0 Å².